The summed E-state index contributed by atoms with van der Waals surface area (Å²) in [7, 11) is 0. The largest absolute Gasteiger partial charge is 0.491 e. The van der Waals surface area contributed by atoms with Gasteiger partial charge in [-0.25, -0.2) is 14.8 Å². The molecule has 2 aromatic rings. The first kappa shape index (κ1) is 25.0. The fourth-order valence-electron chi connectivity index (χ4n) is 3.45. The van der Waals surface area contributed by atoms with Gasteiger partial charge in [-0.2, -0.15) is 13.2 Å². The van der Waals surface area contributed by atoms with E-state index in [4.69, 9.17) is 21.1 Å². The molecule has 1 aliphatic rings. The van der Waals surface area contributed by atoms with Crippen molar-refractivity contribution in [2.24, 2.45) is 0 Å². The average Bonchev–Trinajstić information content (AvgIpc) is 2.73. The van der Waals surface area contributed by atoms with Crippen LogP contribution in [0.5, 0.6) is 5.75 Å². The van der Waals surface area contributed by atoms with Gasteiger partial charge in [0.05, 0.1) is 17.8 Å². The van der Waals surface area contributed by atoms with Gasteiger partial charge < -0.3 is 19.7 Å². The molecule has 1 unspecified atom stereocenters. The maximum atomic E-state index is 12.8. The van der Waals surface area contributed by atoms with Gasteiger partial charge in [-0.3, -0.25) is 0 Å². The molecule has 1 aromatic carbocycles. The van der Waals surface area contributed by atoms with E-state index in [-0.39, 0.29) is 30.8 Å². The van der Waals surface area contributed by atoms with Gasteiger partial charge in [-0.1, -0.05) is 26.0 Å². The van der Waals surface area contributed by atoms with Crippen molar-refractivity contribution >= 4 is 23.4 Å². The van der Waals surface area contributed by atoms with E-state index in [0.717, 1.165) is 11.1 Å². The van der Waals surface area contributed by atoms with Crippen molar-refractivity contribution in [2.75, 3.05) is 24.5 Å². The Bertz CT molecular complexity index is 1020. The van der Waals surface area contributed by atoms with E-state index in [2.05, 4.69) is 29.1 Å². The Morgan fingerprint density at radius 2 is 2.03 bits per heavy atom. The highest BCUT2D eigenvalue weighted by Crippen LogP contribution is 2.30. The van der Waals surface area contributed by atoms with E-state index in [0.29, 0.717) is 29.5 Å². The first-order valence-electron chi connectivity index (χ1n) is 10.5. The molecule has 1 aromatic heterocycles. The van der Waals surface area contributed by atoms with Crippen molar-refractivity contribution < 1.29 is 27.4 Å². The molecule has 0 radical (unpaired) electrons. The number of nitrogens with one attached hydrogen (secondary N) is 1. The summed E-state index contributed by atoms with van der Waals surface area (Å²) < 4.78 is 49.2. The lowest BCUT2D eigenvalue weighted by molar-refractivity contribution is -0.205. The molecule has 180 valence electrons. The van der Waals surface area contributed by atoms with Crippen LogP contribution < -0.4 is 15.0 Å². The van der Waals surface area contributed by atoms with E-state index >= 15 is 0 Å². The molecule has 1 saturated heterocycles. The standard InChI is InChI=1S/C22H26ClF3N4O3/c1-12(2)15-6-5-13(3)17(9-15)32-11-16-14(4)28-21(23)29-19(16)30-8-7-27-10-18(30)33-20(31)22(24,25)26/h5-6,9,12,18,27H,7-8,10-11H2,1-4H3. The number of benzene rings is 1. The van der Waals surface area contributed by atoms with Crippen molar-refractivity contribution in [1.29, 1.82) is 0 Å². The number of alkyl halides is 3. The minimum atomic E-state index is -5.10. The number of aromatic nitrogens is 2. The quantitative estimate of drug-likeness (QED) is 0.482. The lowest BCUT2D eigenvalue weighted by Crippen LogP contribution is -2.55. The molecule has 0 amide bonds. The van der Waals surface area contributed by atoms with E-state index < -0.39 is 18.4 Å². The topological polar surface area (TPSA) is 76.6 Å². The van der Waals surface area contributed by atoms with Crippen LogP contribution in [-0.2, 0) is 16.1 Å². The Kier molecular flexibility index (Phi) is 7.69. The van der Waals surface area contributed by atoms with Gasteiger partial charge >= 0.3 is 12.1 Å². The Hall–Kier alpha value is -2.59. The summed E-state index contributed by atoms with van der Waals surface area (Å²) in [5.41, 5.74) is 3.11. The molecular formula is C22H26ClF3N4O3. The number of hydrogen-bond donors (Lipinski definition) is 1. The molecule has 3 rings (SSSR count). The Balaban J connectivity index is 1.92. The van der Waals surface area contributed by atoms with E-state index in [1.807, 2.05) is 25.1 Å². The zero-order valence-corrected chi connectivity index (χ0v) is 19.5. The van der Waals surface area contributed by atoms with Crippen LogP contribution in [0.3, 0.4) is 0 Å². The molecule has 2 heterocycles. The number of rotatable bonds is 6. The summed E-state index contributed by atoms with van der Waals surface area (Å²) in [6, 6.07) is 5.97. The average molecular weight is 487 g/mol. The zero-order chi connectivity index (χ0) is 24.3. The van der Waals surface area contributed by atoms with Gasteiger partial charge in [0, 0.05) is 13.1 Å². The van der Waals surface area contributed by atoms with Gasteiger partial charge in [0.2, 0.25) is 5.28 Å². The highest BCUT2D eigenvalue weighted by atomic mass is 35.5. The van der Waals surface area contributed by atoms with Gasteiger partial charge in [-0.15, -0.1) is 0 Å². The molecule has 0 aliphatic carbocycles. The zero-order valence-electron chi connectivity index (χ0n) is 18.8. The number of aryl methyl sites for hydroxylation is 2. The van der Waals surface area contributed by atoms with Gasteiger partial charge in [0.15, 0.2) is 6.23 Å². The van der Waals surface area contributed by atoms with Gasteiger partial charge in [0.1, 0.15) is 18.2 Å². The van der Waals surface area contributed by atoms with E-state index in [9.17, 15) is 18.0 Å². The van der Waals surface area contributed by atoms with Crippen LogP contribution >= 0.6 is 11.6 Å². The third-order valence-corrected chi connectivity index (χ3v) is 5.53. The summed E-state index contributed by atoms with van der Waals surface area (Å²) in [5, 5.41) is 2.86. The molecule has 1 fully saturated rings. The van der Waals surface area contributed by atoms with Crippen LogP contribution in [0, 0.1) is 13.8 Å². The van der Waals surface area contributed by atoms with Gasteiger partial charge in [0.25, 0.3) is 0 Å². The van der Waals surface area contributed by atoms with Crippen LogP contribution in [0.25, 0.3) is 0 Å². The summed E-state index contributed by atoms with van der Waals surface area (Å²) in [6.07, 6.45) is -6.32. The van der Waals surface area contributed by atoms with Gasteiger partial charge in [-0.05, 0) is 48.6 Å². The molecule has 1 N–H and O–H groups in total. The van der Waals surface area contributed by atoms with Crippen LogP contribution in [0.1, 0.15) is 42.1 Å². The molecule has 0 saturated carbocycles. The van der Waals surface area contributed by atoms with Crippen molar-refractivity contribution in [1.82, 2.24) is 15.3 Å². The second-order valence-electron chi connectivity index (χ2n) is 8.10. The minimum absolute atomic E-state index is 0.00166. The van der Waals surface area contributed by atoms with Crippen molar-refractivity contribution in [2.45, 2.75) is 52.6 Å². The Morgan fingerprint density at radius 1 is 1.30 bits per heavy atom. The smallest absolute Gasteiger partial charge is 0.488 e. The predicted molar refractivity (Wildman–Crippen MR) is 118 cm³/mol. The number of piperazine rings is 1. The fourth-order valence-corrected chi connectivity index (χ4v) is 3.66. The Morgan fingerprint density at radius 3 is 2.70 bits per heavy atom. The number of nitrogens with zero attached hydrogens (tertiary/aromatic N) is 3. The lowest BCUT2D eigenvalue weighted by Gasteiger charge is -2.37. The third kappa shape index (κ3) is 6.05. The third-order valence-electron chi connectivity index (χ3n) is 5.36. The van der Waals surface area contributed by atoms with Crippen LogP contribution in [0.15, 0.2) is 18.2 Å². The number of carbonyl (C=O) groups is 1. The van der Waals surface area contributed by atoms with E-state index in [1.54, 1.807) is 6.92 Å². The molecule has 11 heteroatoms. The Labute approximate surface area is 195 Å². The maximum Gasteiger partial charge on any atom is 0.491 e. The van der Waals surface area contributed by atoms with Crippen LogP contribution in [-0.4, -0.2) is 48.0 Å². The van der Waals surface area contributed by atoms with Crippen molar-refractivity contribution in [3.8, 4) is 5.75 Å². The number of esters is 1. The normalized spacial score (nSPS) is 16.8. The monoisotopic (exact) mass is 486 g/mol. The van der Waals surface area contributed by atoms with Crippen molar-refractivity contribution in [3.05, 3.63) is 45.9 Å². The first-order chi connectivity index (χ1) is 15.5. The molecule has 7 nitrogen and oxygen atoms in total. The summed E-state index contributed by atoms with van der Waals surface area (Å²) in [4.78, 5) is 21.4. The molecular weight excluding hydrogens is 461 g/mol. The number of carbonyl (C=O) groups excluding carboxylic acids is 1. The highest BCUT2D eigenvalue weighted by Gasteiger charge is 2.44. The molecule has 1 atom stereocenters. The molecule has 0 bridgehead atoms. The minimum Gasteiger partial charge on any atom is -0.488 e. The van der Waals surface area contributed by atoms with Crippen molar-refractivity contribution in [3.63, 3.8) is 0 Å². The SMILES string of the molecule is Cc1ccc(C(C)C)cc1OCc1c(C)nc(Cl)nc1N1CCNCC1OC(=O)C(F)(F)F. The van der Waals surface area contributed by atoms with E-state index in [1.165, 1.54) is 4.90 Å². The summed E-state index contributed by atoms with van der Waals surface area (Å²) in [5.74, 6) is -1.00. The number of hydrogen-bond acceptors (Lipinski definition) is 7. The fraction of sp³-hybridized carbons (Fsp3) is 0.500. The second kappa shape index (κ2) is 10.1. The first-order valence-corrected chi connectivity index (χ1v) is 10.9. The number of halogens is 4. The highest BCUT2D eigenvalue weighted by molar-refractivity contribution is 6.28. The van der Waals surface area contributed by atoms with Crippen LogP contribution in [0.4, 0.5) is 19.0 Å². The molecule has 1 aliphatic heterocycles. The van der Waals surface area contributed by atoms with Crippen LogP contribution in [0.2, 0.25) is 5.28 Å². The number of anilines is 1. The molecule has 33 heavy (non-hydrogen) atoms. The lowest BCUT2D eigenvalue weighted by atomic mass is 10.0. The number of ether oxygens (including phenoxy) is 2. The predicted octanol–water partition coefficient (Wildman–Crippen LogP) is 4.29. The summed E-state index contributed by atoms with van der Waals surface area (Å²) >= 11 is 6.07. The summed E-state index contributed by atoms with van der Waals surface area (Å²) in [6.45, 7) is 8.56. The molecule has 0 spiro atoms. The maximum absolute atomic E-state index is 12.8. The second-order valence-corrected chi connectivity index (χ2v) is 8.44.